The lowest BCUT2D eigenvalue weighted by atomic mass is 9.67. The van der Waals surface area contributed by atoms with Crippen LogP contribution in [0.3, 0.4) is 0 Å². The lowest BCUT2D eigenvalue weighted by Gasteiger charge is -2.44. The van der Waals surface area contributed by atoms with Gasteiger partial charge in [-0.1, -0.05) is 23.7 Å². The molecule has 3 aliphatic rings. The monoisotopic (exact) mass is 308 g/mol. The fourth-order valence-corrected chi connectivity index (χ4v) is 5.25. The van der Waals surface area contributed by atoms with Gasteiger partial charge in [0.05, 0.1) is 18.8 Å². The second-order valence-electron chi connectivity index (χ2n) is 7.03. The average Bonchev–Trinajstić information content (AvgIpc) is 2.93. The molecule has 1 heterocycles. The lowest BCUT2D eigenvalue weighted by molar-refractivity contribution is -0.193. The van der Waals surface area contributed by atoms with Gasteiger partial charge in [-0.15, -0.1) is 0 Å². The molecule has 21 heavy (non-hydrogen) atoms. The predicted molar refractivity (Wildman–Crippen MR) is 80.4 cm³/mol. The molecule has 114 valence electrons. The van der Waals surface area contributed by atoms with Crippen LogP contribution in [-0.2, 0) is 20.5 Å². The molecule has 2 spiro atoms. The van der Waals surface area contributed by atoms with Gasteiger partial charge in [-0.05, 0) is 37.8 Å². The summed E-state index contributed by atoms with van der Waals surface area (Å²) in [5.41, 5.74) is 1.15. The molecule has 2 aliphatic carbocycles. The third-order valence-electron chi connectivity index (χ3n) is 5.44. The maximum Gasteiger partial charge on any atom is 0.169 e. The number of aliphatic hydroxyl groups is 1. The zero-order valence-electron chi connectivity index (χ0n) is 12.3. The SMILES string of the molecule is CC1(O)C[C@]2(CCCC3(C2)OCCO3)c2cccc(Cl)c21. The standard InChI is InChI=1S/C17H21ClO3/c1-15(19)10-16(12-4-2-5-13(18)14(12)15)6-3-7-17(11-16)20-8-9-21-17/h2,4-5,19H,3,6-11H2,1H3/t15?,16-/m0/s1. The Labute approximate surface area is 130 Å². The molecule has 2 atom stereocenters. The van der Waals surface area contributed by atoms with Crippen molar-refractivity contribution < 1.29 is 14.6 Å². The van der Waals surface area contributed by atoms with Crippen LogP contribution in [0.25, 0.3) is 0 Å². The van der Waals surface area contributed by atoms with E-state index in [0.29, 0.717) is 24.7 Å². The van der Waals surface area contributed by atoms with Crippen molar-refractivity contribution >= 4 is 11.6 Å². The molecular weight excluding hydrogens is 288 g/mol. The van der Waals surface area contributed by atoms with Gasteiger partial charge >= 0.3 is 0 Å². The Hall–Kier alpha value is -0.610. The average molecular weight is 309 g/mol. The van der Waals surface area contributed by atoms with E-state index in [-0.39, 0.29) is 5.41 Å². The summed E-state index contributed by atoms with van der Waals surface area (Å²) in [5.74, 6) is -0.446. The summed E-state index contributed by atoms with van der Waals surface area (Å²) in [6.45, 7) is 3.23. The Morgan fingerprint density at radius 2 is 1.90 bits per heavy atom. The van der Waals surface area contributed by atoms with Crippen molar-refractivity contribution in [3.05, 3.63) is 34.3 Å². The zero-order valence-corrected chi connectivity index (χ0v) is 13.1. The third kappa shape index (κ3) is 1.98. The van der Waals surface area contributed by atoms with Crippen molar-refractivity contribution in [2.24, 2.45) is 0 Å². The Bertz CT molecular complexity index is 577. The van der Waals surface area contributed by atoms with E-state index in [9.17, 15) is 5.11 Å². The highest BCUT2D eigenvalue weighted by Crippen LogP contribution is 2.59. The first-order valence-corrected chi connectivity index (χ1v) is 8.14. The molecular formula is C17H21ClO3. The molecule has 4 heteroatoms. The third-order valence-corrected chi connectivity index (χ3v) is 5.76. The van der Waals surface area contributed by atoms with Crippen molar-refractivity contribution in [2.45, 2.75) is 55.8 Å². The first kappa shape index (κ1) is 14.0. The molecule has 1 aliphatic heterocycles. The van der Waals surface area contributed by atoms with Crippen molar-refractivity contribution in [3.8, 4) is 0 Å². The van der Waals surface area contributed by atoms with Gasteiger partial charge in [-0.2, -0.15) is 0 Å². The van der Waals surface area contributed by atoms with Crippen molar-refractivity contribution in [1.82, 2.24) is 0 Å². The highest BCUT2D eigenvalue weighted by molar-refractivity contribution is 6.31. The Kier molecular flexibility index (Phi) is 2.97. The van der Waals surface area contributed by atoms with Crippen LogP contribution in [0.15, 0.2) is 18.2 Å². The normalized spacial score (nSPS) is 37.3. The molecule has 1 saturated heterocycles. The molecule has 0 amide bonds. The highest BCUT2D eigenvalue weighted by Gasteiger charge is 2.56. The summed E-state index contributed by atoms with van der Waals surface area (Å²) in [6.07, 6.45) is 4.59. The largest absolute Gasteiger partial charge is 0.385 e. The molecule has 0 bridgehead atoms. The van der Waals surface area contributed by atoms with Gasteiger partial charge in [0.25, 0.3) is 0 Å². The van der Waals surface area contributed by atoms with E-state index < -0.39 is 11.4 Å². The maximum atomic E-state index is 10.9. The van der Waals surface area contributed by atoms with Gasteiger partial charge in [0.2, 0.25) is 0 Å². The fourth-order valence-electron chi connectivity index (χ4n) is 4.87. The summed E-state index contributed by atoms with van der Waals surface area (Å²) in [4.78, 5) is 0. The van der Waals surface area contributed by atoms with Gasteiger partial charge < -0.3 is 14.6 Å². The minimum Gasteiger partial charge on any atom is -0.385 e. The predicted octanol–water partition coefficient (Wildman–Crippen LogP) is 3.51. The van der Waals surface area contributed by atoms with Crippen LogP contribution >= 0.6 is 11.6 Å². The van der Waals surface area contributed by atoms with E-state index >= 15 is 0 Å². The van der Waals surface area contributed by atoms with E-state index in [1.54, 1.807) is 0 Å². The van der Waals surface area contributed by atoms with Gasteiger partial charge in [-0.3, -0.25) is 0 Å². The molecule has 2 fully saturated rings. The Morgan fingerprint density at radius 1 is 1.14 bits per heavy atom. The first-order chi connectivity index (χ1) is 9.97. The number of benzene rings is 1. The summed E-state index contributed by atoms with van der Waals surface area (Å²) in [5, 5.41) is 11.6. The van der Waals surface area contributed by atoms with E-state index in [1.165, 1.54) is 5.56 Å². The van der Waals surface area contributed by atoms with Gasteiger partial charge in [0.1, 0.15) is 0 Å². The maximum absolute atomic E-state index is 10.9. The lowest BCUT2D eigenvalue weighted by Crippen LogP contribution is -2.44. The van der Waals surface area contributed by atoms with Gasteiger partial charge in [0, 0.05) is 28.8 Å². The zero-order chi connectivity index (χ0) is 14.7. The second kappa shape index (κ2) is 4.45. The van der Waals surface area contributed by atoms with Crippen LogP contribution in [0.5, 0.6) is 0 Å². The minimum atomic E-state index is -0.870. The molecule has 4 rings (SSSR count). The molecule has 0 aromatic heterocycles. The molecule has 3 nitrogen and oxygen atoms in total. The Morgan fingerprint density at radius 3 is 2.67 bits per heavy atom. The molecule has 1 N–H and O–H groups in total. The molecule has 1 aromatic carbocycles. The number of hydrogen-bond donors (Lipinski definition) is 1. The number of ether oxygens (including phenoxy) is 2. The van der Waals surface area contributed by atoms with Crippen molar-refractivity contribution in [2.75, 3.05) is 13.2 Å². The van der Waals surface area contributed by atoms with Crippen LogP contribution in [0, 0.1) is 0 Å². The van der Waals surface area contributed by atoms with E-state index in [0.717, 1.165) is 31.2 Å². The highest BCUT2D eigenvalue weighted by atomic mass is 35.5. The topological polar surface area (TPSA) is 38.7 Å². The molecule has 1 unspecified atom stereocenters. The fraction of sp³-hybridized carbons (Fsp3) is 0.647. The Balaban J connectivity index is 1.81. The van der Waals surface area contributed by atoms with Crippen LogP contribution in [-0.4, -0.2) is 24.1 Å². The quantitative estimate of drug-likeness (QED) is 0.797. The molecule has 1 saturated carbocycles. The summed E-state index contributed by atoms with van der Waals surface area (Å²) < 4.78 is 11.9. The van der Waals surface area contributed by atoms with Crippen LogP contribution in [0.2, 0.25) is 5.02 Å². The smallest absolute Gasteiger partial charge is 0.169 e. The van der Waals surface area contributed by atoms with E-state index in [1.807, 2.05) is 19.1 Å². The van der Waals surface area contributed by atoms with Crippen LogP contribution in [0.1, 0.15) is 50.2 Å². The number of fused-ring (bicyclic) bond motifs is 2. The second-order valence-corrected chi connectivity index (χ2v) is 7.44. The number of hydrogen-bond acceptors (Lipinski definition) is 3. The van der Waals surface area contributed by atoms with Gasteiger partial charge in [-0.25, -0.2) is 0 Å². The van der Waals surface area contributed by atoms with E-state index in [2.05, 4.69) is 6.07 Å². The summed E-state index contributed by atoms with van der Waals surface area (Å²) >= 11 is 6.39. The summed E-state index contributed by atoms with van der Waals surface area (Å²) in [7, 11) is 0. The minimum absolute atomic E-state index is 0.0771. The van der Waals surface area contributed by atoms with Gasteiger partial charge in [0.15, 0.2) is 5.79 Å². The van der Waals surface area contributed by atoms with E-state index in [4.69, 9.17) is 21.1 Å². The first-order valence-electron chi connectivity index (χ1n) is 7.76. The number of rotatable bonds is 0. The van der Waals surface area contributed by atoms with Crippen LogP contribution in [0.4, 0.5) is 0 Å². The number of halogens is 1. The van der Waals surface area contributed by atoms with Crippen LogP contribution < -0.4 is 0 Å². The molecule has 0 radical (unpaired) electrons. The van der Waals surface area contributed by atoms with Crippen molar-refractivity contribution in [3.63, 3.8) is 0 Å². The van der Waals surface area contributed by atoms with Crippen molar-refractivity contribution in [1.29, 1.82) is 0 Å². The summed E-state index contributed by atoms with van der Waals surface area (Å²) in [6, 6.07) is 5.98. The molecule has 1 aromatic rings.